The summed E-state index contributed by atoms with van der Waals surface area (Å²) in [6, 6.07) is 6.68. The molecule has 0 bridgehead atoms. The van der Waals surface area contributed by atoms with E-state index in [0.29, 0.717) is 26.0 Å². The summed E-state index contributed by atoms with van der Waals surface area (Å²) in [7, 11) is -3.72. The molecule has 0 saturated carbocycles. The Morgan fingerprint density at radius 2 is 2.00 bits per heavy atom. The van der Waals surface area contributed by atoms with Gasteiger partial charge in [-0.15, -0.1) is 0 Å². The van der Waals surface area contributed by atoms with Crippen molar-refractivity contribution in [1.29, 1.82) is 0 Å². The number of aryl methyl sites for hydroxylation is 1. The Labute approximate surface area is 143 Å². The highest BCUT2D eigenvalue weighted by Gasteiger charge is 2.29. The van der Waals surface area contributed by atoms with Crippen molar-refractivity contribution in [3.05, 3.63) is 29.8 Å². The van der Waals surface area contributed by atoms with E-state index < -0.39 is 10.1 Å². The molecule has 1 aliphatic rings. The third-order valence-corrected chi connectivity index (χ3v) is 5.44. The van der Waals surface area contributed by atoms with Gasteiger partial charge in [-0.25, -0.2) is 4.79 Å². The largest absolute Gasteiger partial charge is 0.450 e. The van der Waals surface area contributed by atoms with Crippen LogP contribution in [0.25, 0.3) is 0 Å². The average Bonchev–Trinajstić information content (AvgIpc) is 3.01. The number of hydrogen-bond acceptors (Lipinski definition) is 5. The second kappa shape index (κ2) is 8.48. The summed E-state index contributed by atoms with van der Waals surface area (Å²) in [5.74, 6) is 0. The van der Waals surface area contributed by atoms with Gasteiger partial charge in [-0.3, -0.25) is 4.18 Å². The Kier molecular flexibility index (Phi) is 6.62. The number of nitrogens with zero attached hydrogens (tertiary/aromatic N) is 1. The molecule has 1 amide bonds. The average molecular weight is 355 g/mol. The van der Waals surface area contributed by atoms with Crippen LogP contribution >= 0.6 is 0 Å². The standard InChI is InChI=1S/C17H25NO5S/c1-3-22-17(19)18-12-4-6-15(18)7-5-13-23-24(20,21)16-10-8-14(2)9-11-16/h8-11,15H,3-7,12-13H2,1-2H3/t15-/m0/s1. The molecule has 0 aliphatic carbocycles. The van der Waals surface area contributed by atoms with Gasteiger partial charge in [0.25, 0.3) is 10.1 Å². The lowest BCUT2D eigenvalue weighted by molar-refractivity contribution is 0.100. The predicted octanol–water partition coefficient (Wildman–Crippen LogP) is 3.10. The van der Waals surface area contributed by atoms with E-state index in [1.807, 2.05) is 6.92 Å². The molecule has 0 unspecified atom stereocenters. The lowest BCUT2D eigenvalue weighted by Gasteiger charge is -2.23. The monoisotopic (exact) mass is 355 g/mol. The molecular weight excluding hydrogens is 330 g/mol. The van der Waals surface area contributed by atoms with E-state index >= 15 is 0 Å². The Morgan fingerprint density at radius 1 is 1.29 bits per heavy atom. The van der Waals surface area contributed by atoms with Crippen LogP contribution in [0.15, 0.2) is 29.2 Å². The Balaban J connectivity index is 1.79. The van der Waals surface area contributed by atoms with Crippen LogP contribution in [0.5, 0.6) is 0 Å². The molecule has 1 atom stereocenters. The fourth-order valence-electron chi connectivity index (χ4n) is 2.84. The van der Waals surface area contributed by atoms with Crippen LogP contribution in [-0.4, -0.2) is 45.2 Å². The van der Waals surface area contributed by atoms with Crippen molar-refractivity contribution >= 4 is 16.2 Å². The summed E-state index contributed by atoms with van der Waals surface area (Å²) in [5, 5.41) is 0. The second-order valence-electron chi connectivity index (χ2n) is 5.92. The molecule has 1 aromatic carbocycles. The first-order valence-corrected chi connectivity index (χ1v) is 9.74. The van der Waals surface area contributed by atoms with E-state index in [2.05, 4.69) is 0 Å². The van der Waals surface area contributed by atoms with Crippen LogP contribution in [0.2, 0.25) is 0 Å². The summed E-state index contributed by atoms with van der Waals surface area (Å²) < 4.78 is 34.3. The number of carbonyl (C=O) groups is 1. The van der Waals surface area contributed by atoms with Gasteiger partial charge < -0.3 is 9.64 Å². The normalized spacial score (nSPS) is 17.9. The van der Waals surface area contributed by atoms with E-state index in [1.165, 1.54) is 0 Å². The van der Waals surface area contributed by atoms with Crippen molar-refractivity contribution in [3.8, 4) is 0 Å². The number of likely N-dealkylation sites (tertiary alicyclic amines) is 1. The van der Waals surface area contributed by atoms with E-state index in [1.54, 1.807) is 36.1 Å². The third-order valence-electron chi connectivity index (χ3n) is 4.11. The Bertz CT molecular complexity index is 641. The minimum atomic E-state index is -3.72. The smallest absolute Gasteiger partial charge is 0.409 e. The highest BCUT2D eigenvalue weighted by Crippen LogP contribution is 2.22. The maximum Gasteiger partial charge on any atom is 0.409 e. The van der Waals surface area contributed by atoms with Crippen LogP contribution in [0.4, 0.5) is 4.79 Å². The van der Waals surface area contributed by atoms with Gasteiger partial charge in [0.15, 0.2) is 0 Å². The number of ether oxygens (including phenoxy) is 1. The molecule has 1 saturated heterocycles. The molecule has 0 radical (unpaired) electrons. The molecule has 6 nitrogen and oxygen atoms in total. The van der Waals surface area contributed by atoms with Crippen molar-refractivity contribution in [2.75, 3.05) is 19.8 Å². The van der Waals surface area contributed by atoms with Gasteiger partial charge in [-0.2, -0.15) is 8.42 Å². The van der Waals surface area contributed by atoms with Crippen molar-refractivity contribution in [1.82, 2.24) is 4.90 Å². The SMILES string of the molecule is CCOC(=O)N1CCC[C@H]1CCCOS(=O)(=O)c1ccc(C)cc1. The lowest BCUT2D eigenvalue weighted by Crippen LogP contribution is -2.36. The van der Waals surface area contributed by atoms with Crippen LogP contribution < -0.4 is 0 Å². The van der Waals surface area contributed by atoms with Crippen LogP contribution in [0.3, 0.4) is 0 Å². The number of benzene rings is 1. The predicted molar refractivity (Wildman–Crippen MR) is 90.3 cm³/mol. The van der Waals surface area contributed by atoms with Crippen molar-refractivity contribution < 1.29 is 22.1 Å². The van der Waals surface area contributed by atoms with Gasteiger partial charge in [-0.1, -0.05) is 17.7 Å². The zero-order chi connectivity index (χ0) is 17.6. The van der Waals surface area contributed by atoms with Crippen LogP contribution in [-0.2, 0) is 19.0 Å². The van der Waals surface area contributed by atoms with E-state index in [9.17, 15) is 13.2 Å². The van der Waals surface area contributed by atoms with E-state index in [4.69, 9.17) is 8.92 Å². The van der Waals surface area contributed by atoms with Gasteiger partial charge in [0.05, 0.1) is 18.1 Å². The van der Waals surface area contributed by atoms with Gasteiger partial charge in [0.1, 0.15) is 0 Å². The molecule has 1 heterocycles. The lowest BCUT2D eigenvalue weighted by atomic mass is 10.1. The maximum atomic E-state index is 12.1. The van der Waals surface area contributed by atoms with E-state index in [0.717, 1.165) is 18.4 Å². The van der Waals surface area contributed by atoms with Gasteiger partial charge in [0.2, 0.25) is 0 Å². The van der Waals surface area contributed by atoms with Crippen molar-refractivity contribution in [2.45, 2.75) is 50.5 Å². The summed E-state index contributed by atoms with van der Waals surface area (Å²) in [6.45, 7) is 4.86. The van der Waals surface area contributed by atoms with Crippen molar-refractivity contribution in [2.24, 2.45) is 0 Å². The molecule has 0 N–H and O–H groups in total. The first kappa shape index (κ1) is 18.7. The summed E-state index contributed by atoms with van der Waals surface area (Å²) >= 11 is 0. The zero-order valence-corrected chi connectivity index (χ0v) is 15.0. The molecule has 1 fully saturated rings. The highest BCUT2D eigenvalue weighted by atomic mass is 32.2. The molecule has 7 heteroatoms. The topological polar surface area (TPSA) is 72.9 Å². The van der Waals surface area contributed by atoms with Gasteiger partial charge >= 0.3 is 6.09 Å². The van der Waals surface area contributed by atoms with E-state index in [-0.39, 0.29) is 23.6 Å². The molecule has 134 valence electrons. The van der Waals surface area contributed by atoms with Gasteiger partial charge in [-0.05, 0) is 51.7 Å². The number of rotatable bonds is 7. The molecule has 2 rings (SSSR count). The number of amides is 1. The molecule has 0 spiro atoms. The van der Waals surface area contributed by atoms with Crippen LogP contribution in [0, 0.1) is 6.92 Å². The highest BCUT2D eigenvalue weighted by molar-refractivity contribution is 7.86. The van der Waals surface area contributed by atoms with Gasteiger partial charge in [0, 0.05) is 12.6 Å². The summed E-state index contributed by atoms with van der Waals surface area (Å²) in [5.41, 5.74) is 0.995. The third kappa shape index (κ3) is 4.95. The fraction of sp³-hybridized carbons (Fsp3) is 0.588. The first-order valence-electron chi connectivity index (χ1n) is 8.33. The minimum Gasteiger partial charge on any atom is -0.450 e. The molecule has 24 heavy (non-hydrogen) atoms. The maximum absolute atomic E-state index is 12.1. The van der Waals surface area contributed by atoms with Crippen LogP contribution in [0.1, 0.15) is 38.2 Å². The zero-order valence-electron chi connectivity index (χ0n) is 14.2. The fourth-order valence-corrected chi connectivity index (χ4v) is 3.79. The minimum absolute atomic E-state index is 0.106. The Hall–Kier alpha value is -1.60. The summed E-state index contributed by atoms with van der Waals surface area (Å²) in [6.07, 6.45) is 2.87. The number of hydrogen-bond donors (Lipinski definition) is 0. The number of carbonyl (C=O) groups excluding carboxylic acids is 1. The molecule has 1 aromatic rings. The summed E-state index contributed by atoms with van der Waals surface area (Å²) in [4.78, 5) is 13.7. The first-order chi connectivity index (χ1) is 11.4. The quantitative estimate of drug-likeness (QED) is 0.555. The molecule has 1 aliphatic heterocycles. The molecular formula is C17H25NO5S. The van der Waals surface area contributed by atoms with Crippen molar-refractivity contribution in [3.63, 3.8) is 0 Å². The Morgan fingerprint density at radius 3 is 2.67 bits per heavy atom. The molecule has 0 aromatic heterocycles. The second-order valence-corrected chi connectivity index (χ2v) is 7.54.